The second-order valence-corrected chi connectivity index (χ2v) is 9.02. The van der Waals surface area contributed by atoms with E-state index in [9.17, 15) is 4.79 Å². The van der Waals surface area contributed by atoms with Gasteiger partial charge in [-0.25, -0.2) is 0 Å². The summed E-state index contributed by atoms with van der Waals surface area (Å²) in [6.07, 6.45) is 3.07. The summed E-state index contributed by atoms with van der Waals surface area (Å²) >= 11 is 1.40. The molecular weight excluding hydrogens is 436 g/mol. The van der Waals surface area contributed by atoms with Crippen LogP contribution in [0.1, 0.15) is 30.9 Å². The Balaban J connectivity index is 1.52. The molecule has 8 heteroatoms. The zero-order valence-corrected chi connectivity index (χ0v) is 20.2. The molecule has 0 aliphatic carbocycles. The van der Waals surface area contributed by atoms with Crippen LogP contribution in [0.2, 0.25) is 0 Å². The number of hydrogen-bond acceptors (Lipinski definition) is 6. The van der Waals surface area contributed by atoms with Gasteiger partial charge in [-0.2, -0.15) is 0 Å². The number of benzene rings is 2. The molecule has 1 aliphatic rings. The van der Waals surface area contributed by atoms with Crippen LogP contribution in [0.3, 0.4) is 0 Å². The summed E-state index contributed by atoms with van der Waals surface area (Å²) in [5.74, 6) is 1.76. The standard InChI is InChI=1S/C25H30N4O3S/c1-4-18-8-5-7-17(2)23(18)26-22(30)16-33-25-28-27-24(19-10-12-20(31-3)13-11-19)29(25)15-21-9-6-14-32-21/h5,7-8,10-13,21H,4,6,9,14-16H2,1-3H3,(H,26,30). The molecule has 0 spiro atoms. The number of carbonyl (C=O) groups excluding carboxylic acids is 1. The van der Waals surface area contributed by atoms with Crippen LogP contribution in [0.5, 0.6) is 5.75 Å². The number of hydrogen-bond donors (Lipinski definition) is 1. The Kier molecular flexibility index (Phi) is 7.67. The summed E-state index contributed by atoms with van der Waals surface area (Å²) in [7, 11) is 1.65. The van der Waals surface area contributed by atoms with Crippen molar-refractivity contribution in [2.75, 3.05) is 24.8 Å². The van der Waals surface area contributed by atoms with Gasteiger partial charge in [-0.15, -0.1) is 10.2 Å². The number of thioether (sulfide) groups is 1. The van der Waals surface area contributed by atoms with Gasteiger partial charge in [-0.3, -0.25) is 9.36 Å². The van der Waals surface area contributed by atoms with Crippen LogP contribution in [-0.4, -0.2) is 46.2 Å². The van der Waals surface area contributed by atoms with E-state index in [1.807, 2.05) is 43.3 Å². The zero-order valence-electron chi connectivity index (χ0n) is 19.3. The maximum atomic E-state index is 12.8. The Hall–Kier alpha value is -2.84. The van der Waals surface area contributed by atoms with Gasteiger partial charge >= 0.3 is 0 Å². The van der Waals surface area contributed by atoms with Crippen molar-refractivity contribution in [3.8, 4) is 17.1 Å². The molecule has 3 aromatic rings. The molecule has 1 atom stereocenters. The molecule has 33 heavy (non-hydrogen) atoms. The fourth-order valence-corrected chi connectivity index (χ4v) is 4.76. The first-order valence-electron chi connectivity index (χ1n) is 11.3. The van der Waals surface area contributed by atoms with E-state index in [4.69, 9.17) is 9.47 Å². The summed E-state index contributed by atoms with van der Waals surface area (Å²) in [5, 5.41) is 12.7. The molecule has 1 fully saturated rings. The lowest BCUT2D eigenvalue weighted by atomic mass is 10.1. The number of nitrogens with zero attached hydrogens (tertiary/aromatic N) is 3. The van der Waals surface area contributed by atoms with Crippen LogP contribution in [0.4, 0.5) is 5.69 Å². The minimum Gasteiger partial charge on any atom is -0.497 e. The van der Waals surface area contributed by atoms with E-state index < -0.39 is 0 Å². The van der Waals surface area contributed by atoms with Gasteiger partial charge in [0.25, 0.3) is 0 Å². The number of rotatable bonds is 9. The zero-order chi connectivity index (χ0) is 23.2. The lowest BCUT2D eigenvalue weighted by Crippen LogP contribution is -2.19. The van der Waals surface area contributed by atoms with Gasteiger partial charge in [0.2, 0.25) is 5.91 Å². The third-order valence-electron chi connectivity index (χ3n) is 5.81. The normalized spacial score (nSPS) is 15.5. The average Bonchev–Trinajstić information content (AvgIpc) is 3.49. The van der Waals surface area contributed by atoms with Crippen LogP contribution in [-0.2, 0) is 22.5 Å². The van der Waals surface area contributed by atoms with E-state index >= 15 is 0 Å². The lowest BCUT2D eigenvalue weighted by molar-refractivity contribution is -0.113. The maximum absolute atomic E-state index is 12.8. The second-order valence-electron chi connectivity index (χ2n) is 8.08. The van der Waals surface area contributed by atoms with Gasteiger partial charge in [0.05, 0.1) is 25.5 Å². The smallest absolute Gasteiger partial charge is 0.234 e. The van der Waals surface area contributed by atoms with E-state index in [1.54, 1.807) is 7.11 Å². The summed E-state index contributed by atoms with van der Waals surface area (Å²) in [6.45, 7) is 5.55. The highest BCUT2D eigenvalue weighted by molar-refractivity contribution is 7.99. The predicted molar refractivity (Wildman–Crippen MR) is 131 cm³/mol. The van der Waals surface area contributed by atoms with Crippen LogP contribution in [0.25, 0.3) is 11.4 Å². The Morgan fingerprint density at radius 3 is 2.76 bits per heavy atom. The third-order valence-corrected chi connectivity index (χ3v) is 6.78. The molecular formula is C25H30N4O3S. The molecule has 0 radical (unpaired) electrons. The predicted octanol–water partition coefficient (Wildman–Crippen LogP) is 4.73. The molecule has 1 saturated heterocycles. The molecule has 7 nitrogen and oxygen atoms in total. The van der Waals surface area contributed by atoms with E-state index in [1.165, 1.54) is 11.8 Å². The monoisotopic (exact) mass is 466 g/mol. The van der Waals surface area contributed by atoms with Crippen molar-refractivity contribution < 1.29 is 14.3 Å². The first-order valence-corrected chi connectivity index (χ1v) is 12.3. The maximum Gasteiger partial charge on any atom is 0.234 e. The number of para-hydroxylation sites is 1. The minimum atomic E-state index is -0.0540. The fraction of sp³-hybridized carbons (Fsp3) is 0.400. The average molecular weight is 467 g/mol. The number of amides is 1. The molecule has 1 aliphatic heterocycles. The summed E-state index contributed by atoms with van der Waals surface area (Å²) < 4.78 is 13.2. The van der Waals surface area contributed by atoms with Crippen molar-refractivity contribution in [2.24, 2.45) is 0 Å². The number of nitrogens with one attached hydrogen (secondary N) is 1. The number of anilines is 1. The molecule has 2 aromatic carbocycles. The molecule has 0 saturated carbocycles. The molecule has 2 heterocycles. The second kappa shape index (κ2) is 10.9. The van der Waals surface area contributed by atoms with E-state index in [0.717, 1.165) is 59.8 Å². The molecule has 174 valence electrons. The van der Waals surface area contributed by atoms with Crippen molar-refractivity contribution in [2.45, 2.75) is 50.9 Å². The quantitative estimate of drug-likeness (QED) is 0.459. The summed E-state index contributed by atoms with van der Waals surface area (Å²) in [5.41, 5.74) is 4.06. The largest absolute Gasteiger partial charge is 0.497 e. The first-order chi connectivity index (χ1) is 16.1. The Morgan fingerprint density at radius 2 is 2.06 bits per heavy atom. The van der Waals surface area contributed by atoms with Gasteiger partial charge in [-0.05, 0) is 61.6 Å². The van der Waals surface area contributed by atoms with E-state index in [2.05, 4.69) is 33.1 Å². The van der Waals surface area contributed by atoms with Gasteiger partial charge < -0.3 is 14.8 Å². The lowest BCUT2D eigenvalue weighted by Gasteiger charge is -2.15. The fourth-order valence-electron chi connectivity index (χ4n) is 4.01. The van der Waals surface area contributed by atoms with Gasteiger partial charge in [0.1, 0.15) is 5.75 Å². The highest BCUT2D eigenvalue weighted by atomic mass is 32.2. The SMILES string of the molecule is CCc1cccc(C)c1NC(=O)CSc1nnc(-c2ccc(OC)cc2)n1CC1CCCO1. The van der Waals surface area contributed by atoms with Crippen LogP contribution in [0, 0.1) is 6.92 Å². The Labute approximate surface area is 198 Å². The van der Waals surface area contributed by atoms with Crippen LogP contribution in [0.15, 0.2) is 47.6 Å². The van der Waals surface area contributed by atoms with Crippen molar-refractivity contribution in [3.05, 3.63) is 53.6 Å². The number of carbonyl (C=O) groups is 1. The molecule has 1 N–H and O–H groups in total. The van der Waals surface area contributed by atoms with Gasteiger partial charge in [-0.1, -0.05) is 36.9 Å². The Bertz CT molecular complexity index is 1090. The highest BCUT2D eigenvalue weighted by Gasteiger charge is 2.22. The van der Waals surface area contributed by atoms with Crippen molar-refractivity contribution >= 4 is 23.4 Å². The van der Waals surface area contributed by atoms with Crippen molar-refractivity contribution in [3.63, 3.8) is 0 Å². The third kappa shape index (κ3) is 5.57. The molecule has 1 unspecified atom stereocenters. The van der Waals surface area contributed by atoms with Gasteiger partial charge in [0, 0.05) is 17.9 Å². The van der Waals surface area contributed by atoms with E-state index in [0.29, 0.717) is 11.7 Å². The van der Waals surface area contributed by atoms with E-state index in [-0.39, 0.29) is 17.8 Å². The van der Waals surface area contributed by atoms with Crippen molar-refractivity contribution in [1.29, 1.82) is 0 Å². The highest BCUT2D eigenvalue weighted by Crippen LogP contribution is 2.28. The molecule has 1 amide bonds. The molecule has 1 aromatic heterocycles. The van der Waals surface area contributed by atoms with Crippen molar-refractivity contribution in [1.82, 2.24) is 14.8 Å². The first kappa shape index (κ1) is 23.3. The minimum absolute atomic E-state index is 0.0540. The van der Waals surface area contributed by atoms with Crippen LogP contribution >= 0.6 is 11.8 Å². The number of methoxy groups -OCH3 is 1. The number of aromatic nitrogens is 3. The topological polar surface area (TPSA) is 78.3 Å². The number of aryl methyl sites for hydroxylation is 2. The molecule has 4 rings (SSSR count). The molecule has 0 bridgehead atoms. The summed E-state index contributed by atoms with van der Waals surface area (Å²) in [6, 6.07) is 13.9. The Morgan fingerprint density at radius 1 is 1.24 bits per heavy atom. The van der Waals surface area contributed by atoms with Crippen LogP contribution < -0.4 is 10.1 Å². The number of ether oxygens (including phenoxy) is 2. The summed E-state index contributed by atoms with van der Waals surface area (Å²) in [4.78, 5) is 12.8. The van der Waals surface area contributed by atoms with Gasteiger partial charge in [0.15, 0.2) is 11.0 Å².